The first kappa shape index (κ1) is 16.1. The number of rotatable bonds is 8. The Labute approximate surface area is 107 Å². The van der Waals surface area contributed by atoms with E-state index in [2.05, 4.69) is 10.6 Å². The quantitative estimate of drug-likeness (QED) is 0.620. The van der Waals surface area contributed by atoms with Gasteiger partial charge in [-0.1, -0.05) is 13.8 Å². The summed E-state index contributed by atoms with van der Waals surface area (Å²) in [5, 5.41) is 14.4. The molecule has 0 aromatic carbocycles. The lowest BCUT2D eigenvalue weighted by atomic mass is 10.1. The first-order valence-corrected chi connectivity index (χ1v) is 7.00. The van der Waals surface area contributed by atoms with E-state index in [0.29, 0.717) is 24.8 Å². The minimum atomic E-state index is -0.796. The molecule has 0 rings (SSSR count). The molecule has 2 amide bonds. The standard InChI is InChI=1S/C11H22N2O3S/c1-8(4-5-10(14)15)6-12-11(16)13-7-9(2)17-3/h8-9H,4-7H2,1-3H3,(H,14,15)(H2,12,13,16). The first-order valence-electron chi connectivity index (χ1n) is 5.72. The molecule has 6 heteroatoms. The number of aliphatic carboxylic acids is 1. The molecule has 0 spiro atoms. The van der Waals surface area contributed by atoms with Gasteiger partial charge >= 0.3 is 12.0 Å². The van der Waals surface area contributed by atoms with Gasteiger partial charge in [0.1, 0.15) is 0 Å². The molecule has 3 N–H and O–H groups in total. The first-order chi connectivity index (χ1) is 7.95. The fourth-order valence-corrected chi connectivity index (χ4v) is 1.37. The minimum absolute atomic E-state index is 0.147. The molecule has 17 heavy (non-hydrogen) atoms. The molecule has 0 saturated carbocycles. The van der Waals surface area contributed by atoms with E-state index in [9.17, 15) is 9.59 Å². The molecule has 0 saturated heterocycles. The van der Waals surface area contributed by atoms with Crippen molar-refractivity contribution in [2.75, 3.05) is 19.3 Å². The van der Waals surface area contributed by atoms with Gasteiger partial charge in [-0.2, -0.15) is 11.8 Å². The average molecular weight is 262 g/mol. The van der Waals surface area contributed by atoms with Crippen LogP contribution in [0, 0.1) is 5.92 Å². The van der Waals surface area contributed by atoms with E-state index in [1.807, 2.05) is 20.1 Å². The summed E-state index contributed by atoms with van der Waals surface area (Å²) in [4.78, 5) is 21.7. The van der Waals surface area contributed by atoms with Crippen LogP contribution in [0.3, 0.4) is 0 Å². The van der Waals surface area contributed by atoms with Gasteiger partial charge < -0.3 is 15.7 Å². The maximum absolute atomic E-state index is 11.4. The molecule has 2 unspecified atom stereocenters. The van der Waals surface area contributed by atoms with Crippen molar-refractivity contribution in [3.8, 4) is 0 Å². The summed E-state index contributed by atoms with van der Waals surface area (Å²) in [5.74, 6) is -0.620. The number of amides is 2. The van der Waals surface area contributed by atoms with Crippen LogP contribution in [0.5, 0.6) is 0 Å². The molecule has 2 atom stereocenters. The normalized spacial score (nSPS) is 13.8. The topological polar surface area (TPSA) is 78.4 Å². The van der Waals surface area contributed by atoms with Crippen molar-refractivity contribution in [1.29, 1.82) is 0 Å². The second-order valence-electron chi connectivity index (χ2n) is 4.17. The molecule has 100 valence electrons. The molecular formula is C11H22N2O3S. The number of carboxylic acid groups (broad SMARTS) is 1. The third-order valence-corrected chi connectivity index (χ3v) is 3.39. The Hall–Kier alpha value is -0.910. The van der Waals surface area contributed by atoms with E-state index in [-0.39, 0.29) is 18.4 Å². The zero-order valence-electron chi connectivity index (χ0n) is 10.7. The number of carbonyl (C=O) groups excluding carboxylic acids is 1. The number of nitrogens with one attached hydrogen (secondary N) is 2. The number of carboxylic acids is 1. The number of thioether (sulfide) groups is 1. The Kier molecular flexibility index (Phi) is 8.66. The van der Waals surface area contributed by atoms with Gasteiger partial charge in [-0.3, -0.25) is 4.79 Å². The highest BCUT2D eigenvalue weighted by Gasteiger charge is 2.08. The van der Waals surface area contributed by atoms with Crippen LogP contribution >= 0.6 is 11.8 Å². The number of hydrogen-bond acceptors (Lipinski definition) is 3. The van der Waals surface area contributed by atoms with Crippen molar-refractivity contribution in [3.05, 3.63) is 0 Å². The summed E-state index contributed by atoms with van der Waals surface area (Å²) in [6.07, 6.45) is 2.73. The molecule has 0 aliphatic rings. The molecule has 0 fully saturated rings. The molecule has 0 heterocycles. The second-order valence-corrected chi connectivity index (χ2v) is 5.45. The Balaban J connectivity index is 3.58. The number of hydrogen-bond donors (Lipinski definition) is 3. The van der Waals surface area contributed by atoms with Gasteiger partial charge in [0.15, 0.2) is 0 Å². The van der Waals surface area contributed by atoms with Crippen LogP contribution in [0.4, 0.5) is 4.79 Å². The van der Waals surface area contributed by atoms with Crippen LogP contribution in [0.1, 0.15) is 26.7 Å². The summed E-state index contributed by atoms with van der Waals surface area (Å²) in [6, 6.07) is -0.187. The maximum Gasteiger partial charge on any atom is 0.314 e. The lowest BCUT2D eigenvalue weighted by molar-refractivity contribution is -0.137. The van der Waals surface area contributed by atoms with E-state index in [0.717, 1.165) is 0 Å². The smallest absolute Gasteiger partial charge is 0.314 e. The Morgan fingerprint density at radius 1 is 1.24 bits per heavy atom. The lowest BCUT2D eigenvalue weighted by Crippen LogP contribution is -2.40. The van der Waals surface area contributed by atoms with Crippen molar-refractivity contribution in [2.45, 2.75) is 31.9 Å². The van der Waals surface area contributed by atoms with E-state index in [4.69, 9.17) is 5.11 Å². The highest BCUT2D eigenvalue weighted by molar-refractivity contribution is 7.99. The fraction of sp³-hybridized carbons (Fsp3) is 0.818. The highest BCUT2D eigenvalue weighted by atomic mass is 32.2. The van der Waals surface area contributed by atoms with Crippen molar-refractivity contribution in [2.24, 2.45) is 5.92 Å². The summed E-state index contributed by atoms with van der Waals surface area (Å²) in [6.45, 7) is 5.11. The Morgan fingerprint density at radius 3 is 2.35 bits per heavy atom. The van der Waals surface area contributed by atoms with Gasteiger partial charge in [0.05, 0.1) is 0 Å². The molecular weight excluding hydrogens is 240 g/mol. The third kappa shape index (κ3) is 9.99. The monoisotopic (exact) mass is 262 g/mol. The predicted molar refractivity (Wildman–Crippen MR) is 70.4 cm³/mol. The predicted octanol–water partition coefficient (Wildman–Crippen LogP) is 1.54. The van der Waals surface area contributed by atoms with Crippen LogP contribution in [0.15, 0.2) is 0 Å². The van der Waals surface area contributed by atoms with Gasteiger partial charge in [-0.15, -0.1) is 0 Å². The minimum Gasteiger partial charge on any atom is -0.481 e. The van der Waals surface area contributed by atoms with Crippen LogP contribution in [-0.4, -0.2) is 41.7 Å². The maximum atomic E-state index is 11.4. The van der Waals surface area contributed by atoms with Crippen LogP contribution in [0.2, 0.25) is 0 Å². The van der Waals surface area contributed by atoms with E-state index >= 15 is 0 Å². The van der Waals surface area contributed by atoms with Gasteiger partial charge in [-0.25, -0.2) is 4.79 Å². The van der Waals surface area contributed by atoms with Crippen molar-refractivity contribution in [1.82, 2.24) is 10.6 Å². The average Bonchev–Trinajstić information content (AvgIpc) is 2.30. The van der Waals surface area contributed by atoms with Crippen LogP contribution in [-0.2, 0) is 4.79 Å². The second kappa shape index (κ2) is 9.15. The van der Waals surface area contributed by atoms with Crippen molar-refractivity contribution < 1.29 is 14.7 Å². The Bertz CT molecular complexity index is 249. The van der Waals surface area contributed by atoms with Crippen LogP contribution < -0.4 is 10.6 Å². The van der Waals surface area contributed by atoms with Gasteiger partial charge in [0.25, 0.3) is 0 Å². The zero-order valence-corrected chi connectivity index (χ0v) is 11.5. The summed E-state index contributed by atoms with van der Waals surface area (Å²) < 4.78 is 0. The summed E-state index contributed by atoms with van der Waals surface area (Å²) >= 11 is 1.69. The van der Waals surface area contributed by atoms with Gasteiger partial charge in [0, 0.05) is 24.8 Å². The van der Waals surface area contributed by atoms with Crippen molar-refractivity contribution >= 4 is 23.8 Å². The van der Waals surface area contributed by atoms with Crippen LogP contribution in [0.25, 0.3) is 0 Å². The third-order valence-electron chi connectivity index (χ3n) is 2.41. The fourth-order valence-electron chi connectivity index (χ4n) is 1.12. The summed E-state index contributed by atoms with van der Waals surface area (Å²) in [5.41, 5.74) is 0. The SMILES string of the molecule is CSC(C)CNC(=O)NCC(C)CCC(=O)O. The Morgan fingerprint density at radius 2 is 1.82 bits per heavy atom. The van der Waals surface area contributed by atoms with E-state index in [1.54, 1.807) is 11.8 Å². The van der Waals surface area contributed by atoms with Crippen molar-refractivity contribution in [3.63, 3.8) is 0 Å². The zero-order chi connectivity index (χ0) is 13.3. The number of carbonyl (C=O) groups is 2. The molecule has 0 aliphatic carbocycles. The van der Waals surface area contributed by atoms with Gasteiger partial charge in [-0.05, 0) is 18.6 Å². The molecule has 0 aromatic heterocycles. The molecule has 5 nitrogen and oxygen atoms in total. The van der Waals surface area contributed by atoms with E-state index < -0.39 is 5.97 Å². The van der Waals surface area contributed by atoms with E-state index in [1.165, 1.54) is 0 Å². The molecule has 0 aromatic rings. The van der Waals surface area contributed by atoms with Gasteiger partial charge in [0.2, 0.25) is 0 Å². The highest BCUT2D eigenvalue weighted by Crippen LogP contribution is 2.04. The molecule has 0 bridgehead atoms. The molecule has 0 aliphatic heterocycles. The number of urea groups is 1. The summed E-state index contributed by atoms with van der Waals surface area (Å²) in [7, 11) is 0. The largest absolute Gasteiger partial charge is 0.481 e. The lowest BCUT2D eigenvalue weighted by Gasteiger charge is -2.14. The molecule has 0 radical (unpaired) electrons.